The van der Waals surface area contributed by atoms with Crippen molar-refractivity contribution in [3.63, 3.8) is 0 Å². The number of benzene rings is 1. The standard InChI is InChI=1S/C25H27N7OS/c1-30-10-12-31(13-11-30)20-7-5-19(6-8-20)28-25-26-14-18-4-9-22(33)32(24(18)29-25)15-21-23(17-2-3-17)27-16-34-21/h4-9,14,16-17H,2-3,10-13,15H2,1H3,(H,26,28,29). The molecule has 1 saturated heterocycles. The summed E-state index contributed by atoms with van der Waals surface area (Å²) in [4.78, 5) is 32.5. The average Bonchev–Trinajstić information content (AvgIpc) is 3.60. The Morgan fingerprint density at radius 1 is 1.03 bits per heavy atom. The maximum Gasteiger partial charge on any atom is 0.252 e. The number of thiazole rings is 1. The molecule has 1 aliphatic carbocycles. The number of rotatable bonds is 6. The zero-order chi connectivity index (χ0) is 23.1. The molecule has 0 spiro atoms. The molecule has 3 aromatic heterocycles. The van der Waals surface area contributed by atoms with E-state index in [2.05, 4.69) is 56.4 Å². The summed E-state index contributed by atoms with van der Waals surface area (Å²) in [5.41, 5.74) is 5.73. The summed E-state index contributed by atoms with van der Waals surface area (Å²) in [5.74, 6) is 1.03. The molecule has 0 bridgehead atoms. The van der Waals surface area contributed by atoms with Crippen molar-refractivity contribution in [1.82, 2.24) is 24.4 Å². The fourth-order valence-electron chi connectivity index (χ4n) is 4.46. The van der Waals surface area contributed by atoms with E-state index in [4.69, 9.17) is 4.98 Å². The molecule has 9 heteroatoms. The summed E-state index contributed by atoms with van der Waals surface area (Å²) >= 11 is 1.61. The van der Waals surface area contributed by atoms with Gasteiger partial charge in [-0.3, -0.25) is 9.36 Å². The third-order valence-corrected chi connectivity index (χ3v) is 7.49. The van der Waals surface area contributed by atoms with Gasteiger partial charge >= 0.3 is 0 Å². The van der Waals surface area contributed by atoms with E-state index in [1.54, 1.807) is 34.2 Å². The molecule has 1 aromatic carbocycles. The number of anilines is 3. The molecular formula is C25H27N7OS. The maximum absolute atomic E-state index is 12.8. The van der Waals surface area contributed by atoms with Crippen LogP contribution in [0.2, 0.25) is 0 Å². The smallest absolute Gasteiger partial charge is 0.252 e. The van der Waals surface area contributed by atoms with E-state index >= 15 is 0 Å². The lowest BCUT2D eigenvalue weighted by molar-refractivity contribution is 0.313. The van der Waals surface area contributed by atoms with Gasteiger partial charge in [-0.05, 0) is 50.2 Å². The highest BCUT2D eigenvalue weighted by molar-refractivity contribution is 7.09. The first kappa shape index (κ1) is 21.2. The Bertz CT molecular complexity index is 1370. The number of pyridine rings is 1. The topological polar surface area (TPSA) is 79.2 Å². The van der Waals surface area contributed by atoms with Gasteiger partial charge in [0.25, 0.3) is 5.56 Å². The van der Waals surface area contributed by atoms with Crippen molar-refractivity contribution in [2.75, 3.05) is 43.4 Å². The Morgan fingerprint density at radius 2 is 1.82 bits per heavy atom. The molecule has 6 rings (SSSR count). The second kappa shape index (κ2) is 8.81. The first-order valence-electron chi connectivity index (χ1n) is 11.7. The SMILES string of the molecule is CN1CCN(c2ccc(Nc3ncc4ccc(=O)n(Cc5scnc5C5CC5)c4n3)cc2)CC1. The van der Waals surface area contributed by atoms with Gasteiger partial charge in [0.1, 0.15) is 5.65 Å². The quantitative estimate of drug-likeness (QED) is 0.458. The third-order valence-electron chi connectivity index (χ3n) is 6.65. The van der Waals surface area contributed by atoms with Gasteiger partial charge < -0.3 is 15.1 Å². The monoisotopic (exact) mass is 473 g/mol. The van der Waals surface area contributed by atoms with Gasteiger partial charge in [-0.25, -0.2) is 9.97 Å². The molecule has 4 heterocycles. The van der Waals surface area contributed by atoms with Crippen molar-refractivity contribution in [2.24, 2.45) is 0 Å². The molecule has 174 valence electrons. The minimum Gasteiger partial charge on any atom is -0.369 e. The van der Waals surface area contributed by atoms with Gasteiger partial charge in [-0.15, -0.1) is 11.3 Å². The lowest BCUT2D eigenvalue weighted by Gasteiger charge is -2.34. The Labute approximate surface area is 201 Å². The molecule has 0 amide bonds. The number of nitrogens with zero attached hydrogens (tertiary/aromatic N) is 6. The van der Waals surface area contributed by atoms with Gasteiger partial charge in [-0.1, -0.05) is 0 Å². The van der Waals surface area contributed by atoms with Crippen molar-refractivity contribution in [1.29, 1.82) is 0 Å². The summed E-state index contributed by atoms with van der Waals surface area (Å²) in [5, 5.41) is 4.15. The molecule has 2 fully saturated rings. The predicted molar refractivity (Wildman–Crippen MR) is 136 cm³/mol. The number of piperazine rings is 1. The highest BCUT2D eigenvalue weighted by Crippen LogP contribution is 2.42. The van der Waals surface area contributed by atoms with Crippen LogP contribution in [-0.2, 0) is 6.54 Å². The molecule has 0 atom stereocenters. The van der Waals surface area contributed by atoms with E-state index in [0.29, 0.717) is 24.1 Å². The predicted octanol–water partition coefficient (Wildman–Crippen LogP) is 3.67. The highest BCUT2D eigenvalue weighted by Gasteiger charge is 2.28. The minimum atomic E-state index is -0.0659. The number of hydrogen-bond acceptors (Lipinski definition) is 8. The molecule has 1 aliphatic heterocycles. The second-order valence-corrected chi connectivity index (χ2v) is 10.1. The molecule has 1 N–H and O–H groups in total. The summed E-state index contributed by atoms with van der Waals surface area (Å²) in [7, 11) is 2.16. The van der Waals surface area contributed by atoms with E-state index in [1.807, 2.05) is 5.51 Å². The lowest BCUT2D eigenvalue weighted by atomic mass is 10.2. The first-order valence-corrected chi connectivity index (χ1v) is 12.6. The lowest BCUT2D eigenvalue weighted by Crippen LogP contribution is -2.44. The van der Waals surface area contributed by atoms with Gasteiger partial charge in [0.05, 0.1) is 17.7 Å². The van der Waals surface area contributed by atoms with Crippen molar-refractivity contribution in [3.05, 3.63) is 69.0 Å². The van der Waals surface area contributed by atoms with Crippen LogP contribution in [0.5, 0.6) is 0 Å². The number of fused-ring (bicyclic) bond motifs is 1. The summed E-state index contributed by atoms with van der Waals surface area (Å²) in [6.45, 7) is 4.73. The van der Waals surface area contributed by atoms with E-state index in [-0.39, 0.29) is 5.56 Å². The fourth-order valence-corrected chi connectivity index (χ4v) is 5.30. The van der Waals surface area contributed by atoms with Gasteiger partial charge in [0.2, 0.25) is 5.95 Å². The normalized spacial score (nSPS) is 16.8. The van der Waals surface area contributed by atoms with E-state index in [0.717, 1.165) is 47.8 Å². The van der Waals surface area contributed by atoms with Crippen LogP contribution in [0.4, 0.5) is 17.3 Å². The van der Waals surface area contributed by atoms with E-state index in [1.165, 1.54) is 18.5 Å². The molecule has 4 aromatic rings. The Balaban J connectivity index is 1.25. The summed E-state index contributed by atoms with van der Waals surface area (Å²) < 4.78 is 1.73. The number of hydrogen-bond donors (Lipinski definition) is 1. The van der Waals surface area contributed by atoms with Gasteiger partial charge in [0, 0.05) is 66.0 Å². The van der Waals surface area contributed by atoms with Crippen molar-refractivity contribution >= 4 is 39.7 Å². The van der Waals surface area contributed by atoms with Gasteiger partial charge in [-0.2, -0.15) is 4.98 Å². The van der Waals surface area contributed by atoms with Crippen LogP contribution in [0.15, 0.2) is 52.9 Å². The molecule has 1 saturated carbocycles. The van der Waals surface area contributed by atoms with Crippen LogP contribution < -0.4 is 15.8 Å². The van der Waals surface area contributed by atoms with Crippen LogP contribution in [0, 0.1) is 0 Å². The fraction of sp³-hybridized carbons (Fsp3) is 0.360. The van der Waals surface area contributed by atoms with Crippen LogP contribution in [0.25, 0.3) is 11.0 Å². The summed E-state index contributed by atoms with van der Waals surface area (Å²) in [6.07, 6.45) is 4.14. The number of likely N-dealkylation sites (N-methyl/N-ethyl adjacent to an activating group) is 1. The Hall–Kier alpha value is -3.30. The van der Waals surface area contributed by atoms with Crippen LogP contribution >= 0.6 is 11.3 Å². The molecule has 0 unspecified atom stereocenters. The Kier molecular flexibility index (Phi) is 5.50. The molecule has 34 heavy (non-hydrogen) atoms. The van der Waals surface area contributed by atoms with E-state index in [9.17, 15) is 4.79 Å². The zero-order valence-corrected chi connectivity index (χ0v) is 20.0. The highest BCUT2D eigenvalue weighted by atomic mass is 32.1. The van der Waals surface area contributed by atoms with Gasteiger partial charge in [0.15, 0.2) is 0 Å². The molecular weight excluding hydrogens is 446 g/mol. The molecule has 2 aliphatic rings. The average molecular weight is 474 g/mol. The zero-order valence-electron chi connectivity index (χ0n) is 19.1. The molecule has 0 radical (unpaired) electrons. The number of aromatic nitrogens is 4. The van der Waals surface area contributed by atoms with Crippen LogP contribution in [0.1, 0.15) is 29.3 Å². The first-order chi connectivity index (χ1) is 16.6. The van der Waals surface area contributed by atoms with Crippen LogP contribution in [0.3, 0.4) is 0 Å². The maximum atomic E-state index is 12.8. The van der Waals surface area contributed by atoms with Crippen LogP contribution in [-0.4, -0.2) is 57.6 Å². The van der Waals surface area contributed by atoms with E-state index < -0.39 is 0 Å². The minimum absolute atomic E-state index is 0.0659. The van der Waals surface area contributed by atoms with Crippen molar-refractivity contribution in [2.45, 2.75) is 25.3 Å². The summed E-state index contributed by atoms with van der Waals surface area (Å²) in [6, 6.07) is 11.8. The van der Waals surface area contributed by atoms with Crippen molar-refractivity contribution < 1.29 is 0 Å². The Morgan fingerprint density at radius 3 is 2.59 bits per heavy atom. The van der Waals surface area contributed by atoms with Crippen molar-refractivity contribution in [3.8, 4) is 0 Å². The molecule has 8 nitrogen and oxygen atoms in total. The number of nitrogens with one attached hydrogen (secondary N) is 1. The third kappa shape index (κ3) is 4.28. The second-order valence-electron chi connectivity index (χ2n) is 9.13. The largest absolute Gasteiger partial charge is 0.369 e.